The average molecular weight is 388 g/mol. The Morgan fingerprint density at radius 1 is 1.30 bits per heavy atom. The lowest BCUT2D eigenvalue weighted by atomic mass is 10.0. The quantitative estimate of drug-likeness (QED) is 0.778. The van der Waals surface area contributed by atoms with Gasteiger partial charge < -0.3 is 14.6 Å². The highest BCUT2D eigenvalue weighted by atomic mass is 19.4. The second kappa shape index (κ2) is 8.16. The molecule has 1 N–H and O–H groups in total. The third kappa shape index (κ3) is 4.35. The molecule has 0 bridgehead atoms. The highest BCUT2D eigenvalue weighted by molar-refractivity contribution is 5.91. The van der Waals surface area contributed by atoms with E-state index in [1.54, 1.807) is 12.1 Å². The number of carbonyl (C=O) groups excluding carboxylic acids is 1. The number of aliphatic hydroxyl groups is 1. The standard InChI is InChI=1S/C18H23F3N2O4/c1-4-5-6-13-11-17(25,18(19,20)21)23(22-13)16(24)10-12-7-8-14(26-2)15(9-12)27-3/h7-9,25H,4-6,10-11H2,1-3H3/t17-/m0/s1. The first kappa shape index (κ1) is 21.0. The highest BCUT2D eigenvalue weighted by Gasteiger charge is 2.62. The van der Waals surface area contributed by atoms with E-state index in [4.69, 9.17) is 9.47 Å². The molecule has 0 unspecified atom stereocenters. The van der Waals surface area contributed by atoms with Gasteiger partial charge in [0.05, 0.1) is 20.6 Å². The number of amides is 1. The summed E-state index contributed by atoms with van der Waals surface area (Å²) in [5.74, 6) is -0.169. The van der Waals surface area contributed by atoms with Crippen LogP contribution in [0.15, 0.2) is 23.3 Å². The largest absolute Gasteiger partial charge is 0.493 e. The normalized spacial score (nSPS) is 19.8. The molecule has 0 spiro atoms. The van der Waals surface area contributed by atoms with E-state index in [0.29, 0.717) is 29.9 Å². The summed E-state index contributed by atoms with van der Waals surface area (Å²) in [5, 5.41) is 14.2. The van der Waals surface area contributed by atoms with Gasteiger partial charge in [0, 0.05) is 12.1 Å². The Hall–Kier alpha value is -2.29. The van der Waals surface area contributed by atoms with Crippen molar-refractivity contribution >= 4 is 11.6 Å². The van der Waals surface area contributed by atoms with E-state index in [1.165, 1.54) is 20.3 Å². The zero-order valence-corrected chi connectivity index (χ0v) is 15.5. The molecule has 1 atom stereocenters. The number of nitrogens with zero attached hydrogens (tertiary/aromatic N) is 2. The van der Waals surface area contributed by atoms with Crippen molar-refractivity contribution in [1.82, 2.24) is 5.01 Å². The number of hydrazone groups is 1. The van der Waals surface area contributed by atoms with Gasteiger partial charge in [0.25, 0.3) is 5.72 Å². The topological polar surface area (TPSA) is 71.4 Å². The third-order valence-corrected chi connectivity index (χ3v) is 4.35. The Kier molecular flexibility index (Phi) is 6.35. The molecule has 1 aliphatic heterocycles. The zero-order valence-electron chi connectivity index (χ0n) is 15.5. The van der Waals surface area contributed by atoms with Gasteiger partial charge in [0.15, 0.2) is 11.5 Å². The Morgan fingerprint density at radius 2 is 1.96 bits per heavy atom. The van der Waals surface area contributed by atoms with Gasteiger partial charge in [-0.2, -0.15) is 23.3 Å². The Balaban J connectivity index is 2.26. The smallest absolute Gasteiger partial charge is 0.438 e. The van der Waals surface area contributed by atoms with Gasteiger partial charge in [-0.1, -0.05) is 19.4 Å². The van der Waals surface area contributed by atoms with Crippen LogP contribution in [-0.2, 0) is 11.2 Å². The third-order valence-electron chi connectivity index (χ3n) is 4.35. The van der Waals surface area contributed by atoms with Gasteiger partial charge in [-0.25, -0.2) is 0 Å². The lowest BCUT2D eigenvalue weighted by Crippen LogP contribution is -2.57. The lowest BCUT2D eigenvalue weighted by molar-refractivity contribution is -0.302. The Labute approximate surface area is 155 Å². The number of halogens is 3. The molecule has 0 aliphatic carbocycles. The lowest BCUT2D eigenvalue weighted by Gasteiger charge is -2.32. The van der Waals surface area contributed by atoms with Crippen molar-refractivity contribution in [3.63, 3.8) is 0 Å². The van der Waals surface area contributed by atoms with E-state index in [9.17, 15) is 23.1 Å². The monoisotopic (exact) mass is 388 g/mol. The van der Waals surface area contributed by atoms with Crippen LogP contribution in [0.4, 0.5) is 13.2 Å². The summed E-state index contributed by atoms with van der Waals surface area (Å²) >= 11 is 0. The van der Waals surface area contributed by atoms with Crippen molar-refractivity contribution in [2.45, 2.75) is 50.9 Å². The van der Waals surface area contributed by atoms with Gasteiger partial charge in [-0.05, 0) is 30.5 Å². The molecule has 150 valence electrons. The van der Waals surface area contributed by atoms with Crippen LogP contribution in [0.2, 0.25) is 0 Å². The van der Waals surface area contributed by atoms with Crippen LogP contribution in [0.1, 0.15) is 38.2 Å². The summed E-state index contributed by atoms with van der Waals surface area (Å²) in [4.78, 5) is 12.5. The number of hydrogen-bond acceptors (Lipinski definition) is 5. The maximum absolute atomic E-state index is 13.5. The molecule has 1 amide bonds. The van der Waals surface area contributed by atoms with E-state index in [-0.39, 0.29) is 17.1 Å². The second-order valence-corrected chi connectivity index (χ2v) is 6.33. The Morgan fingerprint density at radius 3 is 2.52 bits per heavy atom. The SMILES string of the molecule is CCCCC1=NN(C(=O)Cc2ccc(OC)c(OC)c2)[C@@](O)(C(F)(F)F)C1. The van der Waals surface area contributed by atoms with E-state index >= 15 is 0 Å². The number of rotatable bonds is 7. The summed E-state index contributed by atoms with van der Waals surface area (Å²) in [7, 11) is 2.86. The summed E-state index contributed by atoms with van der Waals surface area (Å²) in [5.41, 5.74) is -2.74. The number of carbonyl (C=O) groups is 1. The molecule has 0 aromatic heterocycles. The average Bonchev–Trinajstić information content (AvgIpc) is 2.97. The molecule has 2 rings (SSSR count). The summed E-state index contributed by atoms with van der Waals surface area (Å²) < 4.78 is 50.6. The fraction of sp³-hybridized carbons (Fsp3) is 0.556. The van der Waals surface area contributed by atoms with Crippen LogP contribution in [0, 0.1) is 0 Å². The summed E-state index contributed by atoms with van der Waals surface area (Å²) in [6.07, 6.45) is -4.42. The van der Waals surface area contributed by atoms with Gasteiger partial charge in [0.2, 0.25) is 5.91 Å². The minimum atomic E-state index is -5.02. The molecule has 1 aromatic rings. The van der Waals surface area contributed by atoms with Crippen LogP contribution in [0.3, 0.4) is 0 Å². The maximum Gasteiger partial charge on any atom is 0.438 e. The highest BCUT2D eigenvalue weighted by Crippen LogP contribution is 2.41. The fourth-order valence-corrected chi connectivity index (χ4v) is 2.86. The molecule has 0 saturated carbocycles. The number of methoxy groups -OCH3 is 2. The van der Waals surface area contributed by atoms with Crippen molar-refractivity contribution in [3.8, 4) is 11.5 Å². The Bertz CT molecular complexity index is 721. The van der Waals surface area contributed by atoms with Crippen molar-refractivity contribution in [3.05, 3.63) is 23.8 Å². The van der Waals surface area contributed by atoms with Crippen molar-refractivity contribution in [1.29, 1.82) is 0 Å². The summed E-state index contributed by atoms with van der Waals surface area (Å²) in [6.45, 7) is 1.89. The predicted octanol–water partition coefficient (Wildman–Crippen LogP) is 3.28. The van der Waals surface area contributed by atoms with Crippen LogP contribution in [0.5, 0.6) is 11.5 Å². The van der Waals surface area contributed by atoms with Crippen LogP contribution in [0.25, 0.3) is 0 Å². The van der Waals surface area contributed by atoms with Gasteiger partial charge in [-0.15, -0.1) is 0 Å². The minimum Gasteiger partial charge on any atom is -0.493 e. The van der Waals surface area contributed by atoms with Gasteiger partial charge in [-0.3, -0.25) is 4.79 Å². The summed E-state index contributed by atoms with van der Waals surface area (Å²) in [6, 6.07) is 4.60. The van der Waals surface area contributed by atoms with Crippen LogP contribution in [-0.4, -0.2) is 47.9 Å². The number of benzene rings is 1. The first-order valence-electron chi connectivity index (χ1n) is 8.55. The van der Waals surface area contributed by atoms with Crippen molar-refractivity contribution < 1.29 is 32.5 Å². The number of alkyl halides is 3. The molecule has 0 saturated heterocycles. The van der Waals surface area contributed by atoms with E-state index in [2.05, 4.69) is 5.10 Å². The van der Waals surface area contributed by atoms with Crippen molar-refractivity contribution in [2.75, 3.05) is 14.2 Å². The number of unbranched alkanes of at least 4 members (excludes halogenated alkanes) is 1. The molecular formula is C18H23F3N2O4. The maximum atomic E-state index is 13.5. The molecular weight excluding hydrogens is 365 g/mol. The molecule has 0 radical (unpaired) electrons. The van der Waals surface area contributed by atoms with Gasteiger partial charge in [0.1, 0.15) is 0 Å². The van der Waals surface area contributed by atoms with E-state index in [1.807, 2.05) is 6.92 Å². The number of hydrogen-bond donors (Lipinski definition) is 1. The number of ether oxygens (including phenoxy) is 2. The zero-order chi connectivity index (χ0) is 20.2. The molecule has 27 heavy (non-hydrogen) atoms. The first-order valence-corrected chi connectivity index (χ1v) is 8.55. The van der Waals surface area contributed by atoms with Gasteiger partial charge >= 0.3 is 6.18 Å². The predicted molar refractivity (Wildman–Crippen MR) is 92.7 cm³/mol. The van der Waals surface area contributed by atoms with E-state index in [0.717, 1.165) is 6.42 Å². The molecule has 9 heteroatoms. The second-order valence-electron chi connectivity index (χ2n) is 6.33. The fourth-order valence-electron chi connectivity index (χ4n) is 2.86. The van der Waals surface area contributed by atoms with Crippen LogP contribution >= 0.6 is 0 Å². The molecule has 6 nitrogen and oxygen atoms in total. The van der Waals surface area contributed by atoms with Crippen LogP contribution < -0.4 is 9.47 Å². The first-order chi connectivity index (χ1) is 12.7. The molecule has 0 fully saturated rings. The molecule has 1 aliphatic rings. The molecule has 1 aromatic carbocycles. The van der Waals surface area contributed by atoms with Crippen molar-refractivity contribution in [2.24, 2.45) is 5.10 Å². The van der Waals surface area contributed by atoms with E-state index < -0.39 is 24.2 Å². The minimum absolute atomic E-state index is 0.164. The molecule has 1 heterocycles.